The molecule has 0 heterocycles. The van der Waals surface area contributed by atoms with Crippen LogP contribution in [0, 0.1) is 11.3 Å². The molecule has 0 spiro atoms. The fourth-order valence-corrected chi connectivity index (χ4v) is 1.65. The lowest BCUT2D eigenvalue weighted by molar-refractivity contribution is 0.103. The van der Waals surface area contributed by atoms with E-state index < -0.39 is 0 Å². The topological polar surface area (TPSA) is 44.1 Å². The standard InChI is InChI=1S/C12H11BrN2O/c1-15(2)8-9(7-14)12(16)10-5-3-4-6-11(10)13/h3-6,8H,1-2H3. The maximum atomic E-state index is 12.0. The van der Waals surface area contributed by atoms with E-state index in [-0.39, 0.29) is 11.4 Å². The molecule has 0 saturated heterocycles. The Hall–Kier alpha value is -1.60. The quantitative estimate of drug-likeness (QED) is 0.485. The second kappa shape index (κ2) is 5.47. The summed E-state index contributed by atoms with van der Waals surface area (Å²) in [4.78, 5) is 13.7. The van der Waals surface area contributed by atoms with Crippen LogP contribution in [0.4, 0.5) is 0 Å². The van der Waals surface area contributed by atoms with E-state index in [2.05, 4.69) is 15.9 Å². The number of hydrogen-bond donors (Lipinski definition) is 0. The lowest BCUT2D eigenvalue weighted by Gasteiger charge is -2.06. The van der Waals surface area contributed by atoms with Crippen molar-refractivity contribution in [2.24, 2.45) is 0 Å². The number of benzene rings is 1. The Bertz CT molecular complexity index is 472. The zero-order valence-corrected chi connectivity index (χ0v) is 10.7. The van der Waals surface area contributed by atoms with Crippen LogP contribution < -0.4 is 0 Å². The molecule has 1 aromatic rings. The van der Waals surface area contributed by atoms with Crippen molar-refractivity contribution in [1.29, 1.82) is 5.26 Å². The van der Waals surface area contributed by atoms with Gasteiger partial charge in [0.15, 0.2) is 0 Å². The average Bonchev–Trinajstić information content (AvgIpc) is 2.25. The Morgan fingerprint density at radius 3 is 2.56 bits per heavy atom. The fraction of sp³-hybridized carbons (Fsp3) is 0.167. The molecular weight excluding hydrogens is 268 g/mol. The van der Waals surface area contributed by atoms with Gasteiger partial charge in [0.1, 0.15) is 11.6 Å². The molecule has 0 fully saturated rings. The molecule has 0 unspecified atom stereocenters. The van der Waals surface area contributed by atoms with Gasteiger partial charge in [0, 0.05) is 30.3 Å². The van der Waals surface area contributed by atoms with Crippen molar-refractivity contribution in [2.75, 3.05) is 14.1 Å². The Labute approximate surface area is 103 Å². The fourth-order valence-electron chi connectivity index (χ4n) is 1.19. The van der Waals surface area contributed by atoms with Gasteiger partial charge in [-0.15, -0.1) is 0 Å². The van der Waals surface area contributed by atoms with Crippen molar-refractivity contribution in [1.82, 2.24) is 4.90 Å². The first-order valence-electron chi connectivity index (χ1n) is 4.64. The van der Waals surface area contributed by atoms with Crippen LogP contribution in [-0.4, -0.2) is 24.8 Å². The van der Waals surface area contributed by atoms with Gasteiger partial charge in [-0.1, -0.05) is 28.1 Å². The predicted molar refractivity (Wildman–Crippen MR) is 65.9 cm³/mol. The van der Waals surface area contributed by atoms with E-state index in [0.29, 0.717) is 10.0 Å². The minimum absolute atomic E-state index is 0.122. The number of carbonyl (C=O) groups is 1. The smallest absolute Gasteiger partial charge is 0.206 e. The van der Waals surface area contributed by atoms with Gasteiger partial charge in [0.25, 0.3) is 0 Å². The lowest BCUT2D eigenvalue weighted by Crippen LogP contribution is -2.09. The molecule has 0 aliphatic heterocycles. The molecule has 0 bridgehead atoms. The summed E-state index contributed by atoms with van der Waals surface area (Å²) >= 11 is 3.29. The Morgan fingerprint density at radius 2 is 2.06 bits per heavy atom. The van der Waals surface area contributed by atoms with Crippen LogP contribution in [-0.2, 0) is 0 Å². The largest absolute Gasteiger partial charge is 0.382 e. The second-order valence-electron chi connectivity index (χ2n) is 3.43. The van der Waals surface area contributed by atoms with E-state index in [0.717, 1.165) is 0 Å². The van der Waals surface area contributed by atoms with E-state index in [9.17, 15) is 4.79 Å². The summed E-state index contributed by atoms with van der Waals surface area (Å²) in [5.41, 5.74) is 0.619. The normalized spacial score (nSPS) is 10.8. The molecule has 1 rings (SSSR count). The predicted octanol–water partition coefficient (Wildman–Crippen LogP) is 2.60. The van der Waals surface area contributed by atoms with Gasteiger partial charge in [0.2, 0.25) is 5.78 Å². The molecule has 0 atom stereocenters. The van der Waals surface area contributed by atoms with Gasteiger partial charge in [-0.05, 0) is 12.1 Å². The second-order valence-corrected chi connectivity index (χ2v) is 4.28. The summed E-state index contributed by atoms with van der Waals surface area (Å²) < 4.78 is 0.694. The summed E-state index contributed by atoms with van der Waals surface area (Å²) in [5.74, 6) is -0.274. The van der Waals surface area contributed by atoms with Gasteiger partial charge in [-0.25, -0.2) is 0 Å². The Morgan fingerprint density at radius 1 is 1.44 bits per heavy atom. The number of allylic oxidation sites excluding steroid dienone is 1. The van der Waals surface area contributed by atoms with E-state index >= 15 is 0 Å². The number of hydrogen-bond acceptors (Lipinski definition) is 3. The van der Waals surface area contributed by atoms with Gasteiger partial charge >= 0.3 is 0 Å². The van der Waals surface area contributed by atoms with Crippen LogP contribution in [0.3, 0.4) is 0 Å². The first-order valence-corrected chi connectivity index (χ1v) is 5.43. The van der Waals surface area contributed by atoms with Gasteiger partial charge in [-0.2, -0.15) is 5.26 Å². The van der Waals surface area contributed by atoms with Crippen LogP contribution in [0.25, 0.3) is 0 Å². The summed E-state index contributed by atoms with van der Waals surface area (Å²) in [6, 6.07) is 8.96. The average molecular weight is 279 g/mol. The van der Waals surface area contributed by atoms with E-state index in [1.54, 1.807) is 37.2 Å². The van der Waals surface area contributed by atoms with Gasteiger partial charge in [-0.3, -0.25) is 4.79 Å². The molecule has 0 saturated carbocycles. The molecule has 0 radical (unpaired) electrons. The van der Waals surface area contributed by atoms with Gasteiger partial charge < -0.3 is 4.90 Å². The number of ketones is 1. The van der Waals surface area contributed by atoms with Crippen LogP contribution >= 0.6 is 15.9 Å². The van der Waals surface area contributed by atoms with E-state index in [1.807, 2.05) is 12.1 Å². The summed E-state index contributed by atoms with van der Waals surface area (Å²) in [6.45, 7) is 0. The zero-order chi connectivity index (χ0) is 12.1. The number of Topliss-reactive ketones (excluding diaryl/α,β-unsaturated/α-hetero) is 1. The number of carbonyl (C=O) groups excluding carboxylic acids is 1. The number of halogens is 1. The van der Waals surface area contributed by atoms with Crippen LogP contribution in [0.15, 0.2) is 40.5 Å². The number of nitriles is 1. The SMILES string of the molecule is CN(C)C=C(C#N)C(=O)c1ccccc1Br. The maximum Gasteiger partial charge on any atom is 0.206 e. The maximum absolute atomic E-state index is 12.0. The molecule has 1 aromatic carbocycles. The molecule has 16 heavy (non-hydrogen) atoms. The van der Waals surface area contributed by atoms with Crippen molar-refractivity contribution in [3.05, 3.63) is 46.1 Å². The highest BCUT2D eigenvalue weighted by Crippen LogP contribution is 2.19. The zero-order valence-electron chi connectivity index (χ0n) is 9.07. The van der Waals surface area contributed by atoms with Gasteiger partial charge in [0.05, 0.1) is 0 Å². The van der Waals surface area contributed by atoms with Crippen molar-refractivity contribution in [3.8, 4) is 6.07 Å². The third kappa shape index (κ3) is 2.94. The number of nitrogens with zero attached hydrogens (tertiary/aromatic N) is 2. The van der Waals surface area contributed by atoms with Crippen molar-refractivity contribution in [2.45, 2.75) is 0 Å². The molecular formula is C12H11BrN2O. The van der Waals surface area contributed by atoms with E-state index in [4.69, 9.17) is 5.26 Å². The van der Waals surface area contributed by atoms with Crippen LogP contribution in [0.1, 0.15) is 10.4 Å². The Balaban J connectivity index is 3.12. The van der Waals surface area contributed by atoms with E-state index in [1.165, 1.54) is 6.20 Å². The molecule has 0 aliphatic rings. The molecule has 0 amide bonds. The third-order valence-electron chi connectivity index (χ3n) is 1.87. The first kappa shape index (κ1) is 12.5. The summed E-state index contributed by atoms with van der Waals surface area (Å²) in [6.07, 6.45) is 1.52. The van der Waals surface area contributed by atoms with Crippen molar-refractivity contribution < 1.29 is 4.79 Å². The highest BCUT2D eigenvalue weighted by atomic mass is 79.9. The highest BCUT2D eigenvalue weighted by molar-refractivity contribution is 9.10. The minimum atomic E-state index is -0.274. The number of rotatable bonds is 3. The minimum Gasteiger partial charge on any atom is -0.382 e. The van der Waals surface area contributed by atoms with Crippen molar-refractivity contribution >= 4 is 21.7 Å². The first-order chi connectivity index (χ1) is 7.56. The van der Waals surface area contributed by atoms with Crippen LogP contribution in [0.2, 0.25) is 0 Å². The molecule has 0 aliphatic carbocycles. The molecule has 0 aromatic heterocycles. The Kier molecular flexibility index (Phi) is 4.27. The lowest BCUT2D eigenvalue weighted by atomic mass is 10.1. The monoisotopic (exact) mass is 278 g/mol. The summed E-state index contributed by atoms with van der Waals surface area (Å²) in [5, 5.41) is 8.92. The molecule has 4 heteroatoms. The molecule has 0 N–H and O–H groups in total. The molecule has 82 valence electrons. The highest BCUT2D eigenvalue weighted by Gasteiger charge is 2.14. The summed E-state index contributed by atoms with van der Waals surface area (Å²) in [7, 11) is 3.54. The van der Waals surface area contributed by atoms with Crippen molar-refractivity contribution in [3.63, 3.8) is 0 Å². The third-order valence-corrected chi connectivity index (χ3v) is 2.56. The molecule has 3 nitrogen and oxygen atoms in total. The van der Waals surface area contributed by atoms with Crippen LogP contribution in [0.5, 0.6) is 0 Å².